The number of Topliss-reactive ketones (excluding diaryl/α,β-unsaturated/α-hetero) is 1. The summed E-state index contributed by atoms with van der Waals surface area (Å²) in [5.74, 6) is 0.351. The van der Waals surface area contributed by atoms with Crippen LogP contribution in [0, 0.1) is 5.82 Å². The first kappa shape index (κ1) is 14.2. The molecule has 0 aromatic heterocycles. The zero-order chi connectivity index (χ0) is 13.1. The van der Waals surface area contributed by atoms with Crippen molar-refractivity contribution in [3.63, 3.8) is 0 Å². The highest BCUT2D eigenvalue weighted by molar-refractivity contribution is 9.09. The van der Waals surface area contributed by atoms with Crippen LogP contribution < -0.4 is 4.74 Å². The molecule has 17 heavy (non-hydrogen) atoms. The van der Waals surface area contributed by atoms with Gasteiger partial charge < -0.3 is 4.74 Å². The molecule has 1 aromatic rings. The summed E-state index contributed by atoms with van der Waals surface area (Å²) in [5, 5.41) is 0.569. The average molecular weight is 303 g/mol. The first-order valence-corrected chi connectivity index (χ1v) is 6.44. The van der Waals surface area contributed by atoms with Gasteiger partial charge in [0.05, 0.1) is 7.11 Å². The van der Waals surface area contributed by atoms with E-state index >= 15 is 0 Å². The summed E-state index contributed by atoms with van der Waals surface area (Å²) in [6, 6.07) is 4.37. The number of hydrogen-bond donors (Lipinski definition) is 0. The second kappa shape index (κ2) is 5.63. The number of ketones is 1. The Labute approximate surface area is 109 Å². The van der Waals surface area contributed by atoms with Crippen molar-refractivity contribution in [3.8, 4) is 5.75 Å². The fraction of sp³-hybridized carbons (Fsp3) is 0.462. The normalized spacial score (nSPS) is 14.2. The van der Waals surface area contributed by atoms with Gasteiger partial charge in [-0.25, -0.2) is 4.39 Å². The largest absolute Gasteiger partial charge is 0.496 e. The highest BCUT2D eigenvalue weighted by Crippen LogP contribution is 2.36. The second-order valence-electron chi connectivity index (χ2n) is 4.42. The van der Waals surface area contributed by atoms with Crippen LogP contribution in [0.15, 0.2) is 18.2 Å². The SMILES string of the molecule is COc1ccc(F)cc1C(C)(CBr)CC(C)=O. The van der Waals surface area contributed by atoms with E-state index in [1.807, 2.05) is 6.92 Å². The zero-order valence-corrected chi connectivity index (χ0v) is 11.8. The summed E-state index contributed by atoms with van der Waals surface area (Å²) in [5.41, 5.74) is 0.256. The second-order valence-corrected chi connectivity index (χ2v) is 4.98. The molecule has 1 aromatic carbocycles. The summed E-state index contributed by atoms with van der Waals surface area (Å²) in [7, 11) is 1.54. The Morgan fingerprint density at radius 3 is 2.65 bits per heavy atom. The molecular weight excluding hydrogens is 287 g/mol. The highest BCUT2D eigenvalue weighted by atomic mass is 79.9. The van der Waals surface area contributed by atoms with Crippen molar-refractivity contribution in [2.45, 2.75) is 25.7 Å². The quantitative estimate of drug-likeness (QED) is 0.779. The Morgan fingerprint density at radius 1 is 1.53 bits per heavy atom. The van der Waals surface area contributed by atoms with Gasteiger partial charge in [0.2, 0.25) is 0 Å². The van der Waals surface area contributed by atoms with Crippen LogP contribution in [0.2, 0.25) is 0 Å². The number of carbonyl (C=O) groups is 1. The lowest BCUT2D eigenvalue weighted by atomic mass is 9.79. The van der Waals surface area contributed by atoms with E-state index in [9.17, 15) is 9.18 Å². The summed E-state index contributed by atoms with van der Waals surface area (Å²) < 4.78 is 18.6. The van der Waals surface area contributed by atoms with Gasteiger partial charge in [-0.1, -0.05) is 22.9 Å². The molecular formula is C13H16BrFO2. The van der Waals surface area contributed by atoms with Gasteiger partial charge >= 0.3 is 0 Å². The maximum Gasteiger partial charge on any atom is 0.130 e. The molecule has 0 radical (unpaired) electrons. The highest BCUT2D eigenvalue weighted by Gasteiger charge is 2.30. The van der Waals surface area contributed by atoms with E-state index in [-0.39, 0.29) is 11.6 Å². The predicted molar refractivity (Wildman–Crippen MR) is 69.4 cm³/mol. The number of methoxy groups -OCH3 is 1. The van der Waals surface area contributed by atoms with Crippen molar-refractivity contribution in [1.82, 2.24) is 0 Å². The van der Waals surface area contributed by atoms with Gasteiger partial charge in [0.15, 0.2) is 0 Å². The molecule has 0 aliphatic carbocycles. The minimum absolute atomic E-state index is 0.0678. The number of halogens is 2. The Hall–Kier alpha value is -0.900. The monoisotopic (exact) mass is 302 g/mol. The van der Waals surface area contributed by atoms with Gasteiger partial charge in [0, 0.05) is 22.7 Å². The third-order valence-electron chi connectivity index (χ3n) is 2.75. The molecule has 0 heterocycles. The number of rotatable bonds is 5. The van der Waals surface area contributed by atoms with Crippen LogP contribution in [0.1, 0.15) is 25.8 Å². The first-order valence-electron chi connectivity index (χ1n) is 5.32. The van der Waals surface area contributed by atoms with Crippen LogP contribution in [0.3, 0.4) is 0 Å². The van der Waals surface area contributed by atoms with Gasteiger partial charge in [-0.05, 0) is 25.1 Å². The number of alkyl halides is 1. The van der Waals surface area contributed by atoms with Gasteiger partial charge in [0.25, 0.3) is 0 Å². The molecule has 2 nitrogen and oxygen atoms in total. The van der Waals surface area contributed by atoms with Crippen molar-refractivity contribution in [3.05, 3.63) is 29.6 Å². The molecule has 4 heteroatoms. The van der Waals surface area contributed by atoms with Crippen molar-refractivity contribution in [2.24, 2.45) is 0 Å². The van der Waals surface area contributed by atoms with Crippen molar-refractivity contribution in [2.75, 3.05) is 12.4 Å². The number of carbonyl (C=O) groups excluding carboxylic acids is 1. The van der Waals surface area contributed by atoms with Crippen molar-refractivity contribution >= 4 is 21.7 Å². The topological polar surface area (TPSA) is 26.3 Å². The van der Waals surface area contributed by atoms with Crippen LogP contribution in [-0.2, 0) is 10.2 Å². The van der Waals surface area contributed by atoms with E-state index < -0.39 is 5.41 Å². The van der Waals surface area contributed by atoms with Crippen molar-refractivity contribution in [1.29, 1.82) is 0 Å². The lowest BCUT2D eigenvalue weighted by Gasteiger charge is -2.28. The van der Waals surface area contributed by atoms with Crippen LogP contribution in [-0.4, -0.2) is 18.2 Å². The molecule has 0 fully saturated rings. The lowest BCUT2D eigenvalue weighted by molar-refractivity contribution is -0.117. The third kappa shape index (κ3) is 3.28. The van der Waals surface area contributed by atoms with Crippen molar-refractivity contribution < 1.29 is 13.9 Å². The standard InChI is InChI=1S/C13H16BrFO2/c1-9(16)7-13(2,8-14)11-6-10(15)4-5-12(11)17-3/h4-6H,7-8H2,1-3H3. The van der Waals surface area contributed by atoms with Crippen LogP contribution >= 0.6 is 15.9 Å². The van der Waals surface area contributed by atoms with Crippen LogP contribution in [0.4, 0.5) is 4.39 Å². The molecule has 1 atom stereocenters. The Morgan fingerprint density at radius 2 is 2.18 bits per heavy atom. The molecule has 0 aliphatic heterocycles. The fourth-order valence-corrected chi connectivity index (χ4v) is 2.42. The molecule has 0 aliphatic rings. The molecule has 94 valence electrons. The summed E-state index contributed by atoms with van der Waals surface area (Å²) >= 11 is 3.39. The lowest BCUT2D eigenvalue weighted by Crippen LogP contribution is -2.27. The van der Waals surface area contributed by atoms with Crippen LogP contribution in [0.25, 0.3) is 0 Å². The smallest absolute Gasteiger partial charge is 0.130 e. The molecule has 1 rings (SSSR count). The maximum atomic E-state index is 13.3. The molecule has 0 amide bonds. The number of hydrogen-bond acceptors (Lipinski definition) is 2. The predicted octanol–water partition coefficient (Wildman–Crippen LogP) is 3.47. The maximum absolute atomic E-state index is 13.3. The van der Waals surface area contributed by atoms with Gasteiger partial charge in [-0.2, -0.15) is 0 Å². The number of ether oxygens (including phenoxy) is 1. The van der Waals surface area contributed by atoms with E-state index in [4.69, 9.17) is 4.74 Å². The summed E-state index contributed by atoms with van der Waals surface area (Å²) in [6.07, 6.45) is 0.345. The third-order valence-corrected chi connectivity index (χ3v) is 3.98. The van der Waals surface area contributed by atoms with Gasteiger partial charge in [0.1, 0.15) is 17.3 Å². The number of benzene rings is 1. The van der Waals surface area contributed by atoms with Gasteiger partial charge in [-0.3, -0.25) is 4.79 Å². The summed E-state index contributed by atoms with van der Waals surface area (Å²) in [6.45, 7) is 3.45. The van der Waals surface area contributed by atoms with E-state index in [1.54, 1.807) is 13.2 Å². The first-order chi connectivity index (χ1) is 7.92. The Kier molecular flexibility index (Phi) is 4.69. The van der Waals surface area contributed by atoms with Crippen LogP contribution in [0.5, 0.6) is 5.75 Å². The Balaban J connectivity index is 3.26. The Bertz CT molecular complexity index is 420. The fourth-order valence-electron chi connectivity index (χ4n) is 1.92. The van der Waals surface area contributed by atoms with E-state index in [0.29, 0.717) is 23.1 Å². The minimum Gasteiger partial charge on any atom is -0.496 e. The van der Waals surface area contributed by atoms with Gasteiger partial charge in [-0.15, -0.1) is 0 Å². The molecule has 0 saturated heterocycles. The zero-order valence-electron chi connectivity index (χ0n) is 10.2. The van der Waals surface area contributed by atoms with E-state index in [2.05, 4.69) is 15.9 Å². The molecule has 1 unspecified atom stereocenters. The molecule has 0 N–H and O–H groups in total. The molecule has 0 bridgehead atoms. The average Bonchev–Trinajstić information content (AvgIpc) is 2.28. The molecule has 0 spiro atoms. The van der Waals surface area contributed by atoms with E-state index in [0.717, 1.165) is 0 Å². The van der Waals surface area contributed by atoms with E-state index in [1.165, 1.54) is 19.1 Å². The minimum atomic E-state index is -0.459. The molecule has 0 saturated carbocycles. The summed E-state index contributed by atoms with van der Waals surface area (Å²) in [4.78, 5) is 11.3.